The molecule has 3 aromatic heterocycles. The Morgan fingerprint density at radius 1 is 0.348 bits per heavy atom. The number of aromatic nitrogens is 3. The van der Waals surface area contributed by atoms with Gasteiger partial charge in [-0.3, -0.25) is 0 Å². The number of nitrogens with zero attached hydrogens (tertiary/aromatic N) is 3. The Balaban J connectivity index is 1.10. The fraction of sp³-hybridized carbons (Fsp3) is 0. The molecule has 0 bridgehead atoms. The fourth-order valence-corrected chi connectivity index (χ4v) is 5.99. The maximum absolute atomic E-state index is 6.20. The first kappa shape index (κ1) is 26.1. The lowest BCUT2D eigenvalue weighted by atomic mass is 10.0. The molecule has 5 nitrogen and oxygen atoms in total. The van der Waals surface area contributed by atoms with Gasteiger partial charge in [-0.2, -0.15) is 0 Å². The van der Waals surface area contributed by atoms with E-state index in [0.717, 1.165) is 77.8 Å². The predicted molar refractivity (Wildman–Crippen MR) is 184 cm³/mol. The highest BCUT2D eigenvalue weighted by molar-refractivity contribution is 6.05. The number of hydrogen-bond acceptors (Lipinski definition) is 5. The van der Waals surface area contributed by atoms with Crippen molar-refractivity contribution < 1.29 is 8.83 Å². The second-order valence-corrected chi connectivity index (χ2v) is 11.3. The van der Waals surface area contributed by atoms with E-state index in [1.54, 1.807) is 0 Å². The van der Waals surface area contributed by atoms with Gasteiger partial charge in [0.25, 0.3) is 0 Å². The highest BCUT2D eigenvalue weighted by Crippen LogP contribution is 2.34. The van der Waals surface area contributed by atoms with Gasteiger partial charge in [-0.05, 0) is 59.7 Å². The number of fused-ring (bicyclic) bond motifs is 4. The number of oxazole rings is 1. The summed E-state index contributed by atoms with van der Waals surface area (Å²) < 4.78 is 12.3. The third-order valence-corrected chi connectivity index (χ3v) is 8.36. The quantitative estimate of drug-likeness (QED) is 0.199. The molecule has 0 atom stereocenters. The predicted octanol–water partition coefficient (Wildman–Crippen LogP) is 10.9. The number of furan rings is 1. The molecule has 0 aliphatic rings. The lowest BCUT2D eigenvalue weighted by Crippen LogP contribution is -1.96. The Morgan fingerprint density at radius 2 is 0.957 bits per heavy atom. The van der Waals surface area contributed by atoms with Crippen LogP contribution in [-0.2, 0) is 0 Å². The molecule has 9 aromatic rings. The van der Waals surface area contributed by atoms with E-state index in [9.17, 15) is 0 Å². The summed E-state index contributed by atoms with van der Waals surface area (Å²) in [6.07, 6.45) is 0. The van der Waals surface area contributed by atoms with E-state index < -0.39 is 0 Å². The van der Waals surface area contributed by atoms with E-state index in [4.69, 9.17) is 18.8 Å². The van der Waals surface area contributed by atoms with Crippen molar-refractivity contribution in [2.45, 2.75) is 0 Å². The number of hydrogen-bond donors (Lipinski definition) is 0. The van der Waals surface area contributed by atoms with Crippen LogP contribution in [0, 0.1) is 0 Å². The van der Waals surface area contributed by atoms with Crippen LogP contribution in [0.2, 0.25) is 0 Å². The summed E-state index contributed by atoms with van der Waals surface area (Å²) in [5.74, 6) is 1.28. The number of benzene rings is 6. The SMILES string of the molecule is c1ccc(-c2cc(-c3ccc4c(c3)oc3ccccc34)nc(-c3ccc(-c4ccc5nc(-c6ccccc6)oc5c4)cc3)n2)cc1. The third kappa shape index (κ3) is 4.62. The highest BCUT2D eigenvalue weighted by atomic mass is 16.3. The summed E-state index contributed by atoms with van der Waals surface area (Å²) >= 11 is 0. The summed E-state index contributed by atoms with van der Waals surface area (Å²) in [7, 11) is 0. The summed E-state index contributed by atoms with van der Waals surface area (Å²) in [6, 6.07) is 51.1. The van der Waals surface area contributed by atoms with Gasteiger partial charge in [-0.1, -0.05) is 103 Å². The van der Waals surface area contributed by atoms with E-state index in [1.165, 1.54) is 0 Å². The summed E-state index contributed by atoms with van der Waals surface area (Å²) in [6.45, 7) is 0. The second kappa shape index (κ2) is 10.7. The normalized spacial score (nSPS) is 11.5. The van der Waals surface area contributed by atoms with Crippen molar-refractivity contribution in [3.05, 3.63) is 152 Å². The van der Waals surface area contributed by atoms with Gasteiger partial charge in [-0.25, -0.2) is 15.0 Å². The van der Waals surface area contributed by atoms with Gasteiger partial charge in [0.2, 0.25) is 5.89 Å². The topological polar surface area (TPSA) is 65.0 Å². The Morgan fingerprint density at radius 3 is 1.76 bits per heavy atom. The molecular weight excluding hydrogens is 566 g/mol. The maximum Gasteiger partial charge on any atom is 0.227 e. The molecule has 9 rings (SSSR count). The Bertz CT molecular complexity index is 2510. The van der Waals surface area contributed by atoms with E-state index >= 15 is 0 Å². The zero-order valence-corrected chi connectivity index (χ0v) is 24.6. The molecule has 0 radical (unpaired) electrons. The van der Waals surface area contributed by atoms with Crippen molar-refractivity contribution in [3.8, 4) is 56.5 Å². The van der Waals surface area contributed by atoms with Gasteiger partial charge >= 0.3 is 0 Å². The van der Waals surface area contributed by atoms with Crippen LogP contribution in [0.25, 0.3) is 89.5 Å². The van der Waals surface area contributed by atoms with Crippen LogP contribution >= 0.6 is 0 Å². The molecule has 0 aliphatic heterocycles. The van der Waals surface area contributed by atoms with Crippen molar-refractivity contribution in [2.75, 3.05) is 0 Å². The van der Waals surface area contributed by atoms with Crippen LogP contribution in [0.1, 0.15) is 0 Å². The van der Waals surface area contributed by atoms with Gasteiger partial charge in [0.1, 0.15) is 16.7 Å². The van der Waals surface area contributed by atoms with Crippen LogP contribution in [0.3, 0.4) is 0 Å². The van der Waals surface area contributed by atoms with E-state index in [0.29, 0.717) is 11.7 Å². The zero-order chi connectivity index (χ0) is 30.5. The minimum atomic E-state index is 0.619. The van der Waals surface area contributed by atoms with Crippen molar-refractivity contribution >= 4 is 33.0 Å². The number of para-hydroxylation sites is 1. The van der Waals surface area contributed by atoms with Gasteiger partial charge in [0.15, 0.2) is 11.4 Å². The standard InChI is InChI=1S/C41H25N3O2/c1-3-9-27(10-4-1)35-25-36(31-19-21-33-32-13-7-8-14-37(32)45-38(33)24-31)43-40(42-35)28-17-15-26(16-18-28)30-20-22-34-39(23-30)46-41(44-34)29-11-5-2-6-12-29/h1-25H. The number of rotatable bonds is 5. The lowest BCUT2D eigenvalue weighted by molar-refractivity contribution is 0.620. The van der Waals surface area contributed by atoms with Crippen LogP contribution in [0.4, 0.5) is 0 Å². The second-order valence-electron chi connectivity index (χ2n) is 11.3. The molecule has 0 unspecified atom stereocenters. The van der Waals surface area contributed by atoms with E-state index in [2.05, 4.69) is 71.7 Å². The van der Waals surface area contributed by atoms with E-state index in [1.807, 2.05) is 84.9 Å². The Labute approximate surface area is 264 Å². The largest absolute Gasteiger partial charge is 0.456 e. The minimum absolute atomic E-state index is 0.619. The van der Waals surface area contributed by atoms with Gasteiger partial charge in [0.05, 0.1) is 11.4 Å². The molecule has 0 aliphatic carbocycles. The molecule has 5 heteroatoms. The average Bonchev–Trinajstić information content (AvgIpc) is 3.73. The van der Waals surface area contributed by atoms with Crippen molar-refractivity contribution in [3.63, 3.8) is 0 Å². The Kier molecular flexibility index (Phi) is 6.06. The first-order chi connectivity index (χ1) is 22.7. The molecule has 0 amide bonds. The van der Waals surface area contributed by atoms with Crippen molar-refractivity contribution in [1.82, 2.24) is 15.0 Å². The highest BCUT2D eigenvalue weighted by Gasteiger charge is 2.14. The van der Waals surface area contributed by atoms with Crippen LogP contribution in [-0.4, -0.2) is 15.0 Å². The molecule has 0 spiro atoms. The summed E-state index contributed by atoms with van der Waals surface area (Å²) in [5.41, 5.74) is 11.0. The van der Waals surface area contributed by atoms with Crippen LogP contribution < -0.4 is 0 Å². The van der Waals surface area contributed by atoms with Crippen molar-refractivity contribution in [1.29, 1.82) is 0 Å². The molecule has 46 heavy (non-hydrogen) atoms. The third-order valence-electron chi connectivity index (χ3n) is 8.36. The minimum Gasteiger partial charge on any atom is -0.456 e. The first-order valence-corrected chi connectivity index (χ1v) is 15.2. The molecule has 6 aromatic carbocycles. The monoisotopic (exact) mass is 591 g/mol. The smallest absolute Gasteiger partial charge is 0.227 e. The molecule has 0 saturated heterocycles. The summed E-state index contributed by atoms with van der Waals surface area (Å²) in [5, 5.41) is 2.20. The lowest BCUT2D eigenvalue weighted by Gasteiger charge is -2.10. The fourth-order valence-electron chi connectivity index (χ4n) is 5.99. The Hall–Kier alpha value is -6.33. The molecule has 3 heterocycles. The first-order valence-electron chi connectivity index (χ1n) is 15.2. The molecule has 0 N–H and O–H groups in total. The maximum atomic E-state index is 6.20. The summed E-state index contributed by atoms with van der Waals surface area (Å²) in [4.78, 5) is 14.7. The van der Waals surface area contributed by atoms with Gasteiger partial charge < -0.3 is 8.83 Å². The zero-order valence-electron chi connectivity index (χ0n) is 24.6. The molecule has 0 fully saturated rings. The molecule has 0 saturated carbocycles. The van der Waals surface area contributed by atoms with E-state index in [-0.39, 0.29) is 0 Å². The molecule has 216 valence electrons. The van der Waals surface area contributed by atoms with Crippen LogP contribution in [0.15, 0.2) is 160 Å². The average molecular weight is 592 g/mol. The van der Waals surface area contributed by atoms with Crippen LogP contribution in [0.5, 0.6) is 0 Å². The molecular formula is C41H25N3O2. The van der Waals surface area contributed by atoms with Gasteiger partial charge in [0, 0.05) is 33.0 Å². The van der Waals surface area contributed by atoms with Crippen molar-refractivity contribution in [2.24, 2.45) is 0 Å². The van der Waals surface area contributed by atoms with Gasteiger partial charge in [-0.15, -0.1) is 0 Å².